The molecule has 0 amide bonds. The number of aryl methyl sites for hydroxylation is 1. The molecule has 6 heteroatoms. The summed E-state index contributed by atoms with van der Waals surface area (Å²) in [5.41, 5.74) is 5.03. The molecule has 0 saturated heterocycles. The zero-order chi connectivity index (χ0) is 19.5. The van der Waals surface area contributed by atoms with Gasteiger partial charge in [0.05, 0.1) is 16.9 Å². The summed E-state index contributed by atoms with van der Waals surface area (Å²) in [6.45, 7) is 1.96. The van der Waals surface area contributed by atoms with Crippen LogP contribution in [0.3, 0.4) is 0 Å². The molecular formula is C22H15BrN4S. The molecular weight excluding hydrogens is 432 g/mol. The third-order valence-corrected chi connectivity index (χ3v) is 5.58. The average molecular weight is 447 g/mol. The van der Waals surface area contributed by atoms with Crippen LogP contribution in [-0.2, 0) is 0 Å². The van der Waals surface area contributed by atoms with Gasteiger partial charge in [-0.15, -0.1) is 11.3 Å². The summed E-state index contributed by atoms with van der Waals surface area (Å²) in [5.74, 6) is 0. The third-order valence-electron chi connectivity index (χ3n) is 4.21. The Morgan fingerprint density at radius 3 is 2.82 bits per heavy atom. The van der Waals surface area contributed by atoms with Crippen molar-refractivity contribution in [3.63, 3.8) is 0 Å². The zero-order valence-electron chi connectivity index (χ0n) is 15.0. The molecule has 0 atom stereocenters. The highest BCUT2D eigenvalue weighted by atomic mass is 79.9. The fraction of sp³-hybridized carbons (Fsp3) is 0.0455. The molecule has 0 bridgehead atoms. The van der Waals surface area contributed by atoms with E-state index < -0.39 is 0 Å². The lowest BCUT2D eigenvalue weighted by Gasteiger charge is -2.06. The normalized spacial score (nSPS) is 11.4. The van der Waals surface area contributed by atoms with Gasteiger partial charge in [-0.1, -0.05) is 46.3 Å². The third kappa shape index (κ3) is 3.81. The Kier molecular flexibility index (Phi) is 5.20. The molecule has 2 aromatic heterocycles. The van der Waals surface area contributed by atoms with E-state index in [0.717, 1.165) is 38.0 Å². The maximum absolute atomic E-state index is 9.62. The fourth-order valence-electron chi connectivity index (χ4n) is 2.83. The Morgan fingerprint density at radius 1 is 1.14 bits per heavy atom. The van der Waals surface area contributed by atoms with Crippen LogP contribution in [0.15, 0.2) is 70.7 Å². The van der Waals surface area contributed by atoms with Crippen LogP contribution in [0.5, 0.6) is 0 Å². The monoisotopic (exact) mass is 446 g/mol. The van der Waals surface area contributed by atoms with Gasteiger partial charge < -0.3 is 5.32 Å². The molecule has 2 heterocycles. The first-order chi connectivity index (χ1) is 13.6. The molecule has 0 radical (unpaired) electrons. The highest BCUT2D eigenvalue weighted by Gasteiger charge is 2.10. The highest BCUT2D eigenvalue weighted by molar-refractivity contribution is 9.10. The van der Waals surface area contributed by atoms with E-state index in [2.05, 4.69) is 37.3 Å². The van der Waals surface area contributed by atoms with Crippen molar-refractivity contribution in [1.29, 1.82) is 5.26 Å². The van der Waals surface area contributed by atoms with E-state index in [9.17, 15) is 5.26 Å². The average Bonchev–Trinajstić information content (AvgIpc) is 3.19. The molecule has 0 spiro atoms. The number of fused-ring (bicyclic) bond motifs is 1. The number of allylic oxidation sites excluding steroid dienone is 1. The predicted molar refractivity (Wildman–Crippen MR) is 119 cm³/mol. The SMILES string of the molecule is Cc1ccc2cccc(NC=C(C#N)c3nc(-c4cccc(Br)c4)cs3)c2n1. The number of thiazole rings is 1. The van der Waals surface area contributed by atoms with Crippen molar-refractivity contribution >= 4 is 49.4 Å². The minimum Gasteiger partial charge on any atom is -0.359 e. The molecule has 4 nitrogen and oxygen atoms in total. The topological polar surface area (TPSA) is 61.6 Å². The first kappa shape index (κ1) is 18.4. The number of nitrogens with zero attached hydrogens (tertiary/aromatic N) is 3. The van der Waals surface area contributed by atoms with E-state index in [0.29, 0.717) is 10.6 Å². The van der Waals surface area contributed by atoms with Crippen LogP contribution in [-0.4, -0.2) is 9.97 Å². The lowest BCUT2D eigenvalue weighted by molar-refractivity contribution is 1.25. The van der Waals surface area contributed by atoms with Crippen LogP contribution in [0.1, 0.15) is 10.7 Å². The number of anilines is 1. The van der Waals surface area contributed by atoms with E-state index in [-0.39, 0.29) is 0 Å². The lowest BCUT2D eigenvalue weighted by Crippen LogP contribution is -1.94. The van der Waals surface area contributed by atoms with Gasteiger partial charge in [-0.2, -0.15) is 5.26 Å². The predicted octanol–water partition coefficient (Wildman–Crippen LogP) is 6.41. The number of halogens is 1. The summed E-state index contributed by atoms with van der Waals surface area (Å²) < 4.78 is 0.996. The van der Waals surface area contributed by atoms with E-state index in [4.69, 9.17) is 0 Å². The number of nitrogens with one attached hydrogen (secondary N) is 1. The second-order valence-corrected chi connectivity index (χ2v) is 7.97. The van der Waals surface area contributed by atoms with Gasteiger partial charge in [-0.05, 0) is 31.2 Å². The van der Waals surface area contributed by atoms with E-state index in [1.165, 1.54) is 11.3 Å². The van der Waals surface area contributed by atoms with Crippen molar-refractivity contribution in [3.05, 3.63) is 81.4 Å². The number of para-hydroxylation sites is 1. The lowest BCUT2D eigenvalue weighted by atomic mass is 10.1. The molecule has 136 valence electrons. The summed E-state index contributed by atoms with van der Waals surface area (Å²) in [6, 6.07) is 20.2. The molecule has 0 aliphatic heterocycles. The van der Waals surface area contributed by atoms with E-state index in [1.54, 1.807) is 6.20 Å². The Hall–Kier alpha value is -3.01. The van der Waals surface area contributed by atoms with Crippen molar-refractivity contribution in [3.8, 4) is 17.3 Å². The van der Waals surface area contributed by atoms with Gasteiger partial charge in [0.25, 0.3) is 0 Å². The van der Waals surface area contributed by atoms with E-state index in [1.807, 2.05) is 66.9 Å². The Labute approximate surface area is 175 Å². The number of benzene rings is 2. The quantitative estimate of drug-likeness (QED) is 0.368. The summed E-state index contributed by atoms with van der Waals surface area (Å²) in [6.07, 6.45) is 1.70. The standard InChI is InChI=1S/C22H15BrN4S/c1-14-8-9-15-4-3-7-19(21(15)26-14)25-12-17(11-24)22-27-20(13-28-22)16-5-2-6-18(23)10-16/h2-10,12-13,25H,1H3. The van der Waals surface area contributed by atoms with Crippen molar-refractivity contribution in [2.45, 2.75) is 6.92 Å². The number of rotatable bonds is 4. The molecule has 2 aromatic carbocycles. The minimum absolute atomic E-state index is 0.482. The largest absolute Gasteiger partial charge is 0.359 e. The van der Waals surface area contributed by atoms with Crippen molar-refractivity contribution in [1.82, 2.24) is 9.97 Å². The van der Waals surface area contributed by atoms with Crippen molar-refractivity contribution in [2.24, 2.45) is 0 Å². The van der Waals surface area contributed by atoms with Crippen LogP contribution in [0.25, 0.3) is 27.7 Å². The molecule has 28 heavy (non-hydrogen) atoms. The van der Waals surface area contributed by atoms with Gasteiger partial charge in [0.15, 0.2) is 0 Å². The van der Waals surface area contributed by atoms with Gasteiger partial charge in [-0.3, -0.25) is 4.98 Å². The second kappa shape index (κ2) is 7.93. The van der Waals surface area contributed by atoms with Crippen LogP contribution in [0, 0.1) is 18.3 Å². The Bertz CT molecular complexity index is 1240. The highest BCUT2D eigenvalue weighted by Crippen LogP contribution is 2.28. The van der Waals surface area contributed by atoms with Gasteiger partial charge in [0.1, 0.15) is 16.6 Å². The van der Waals surface area contributed by atoms with Gasteiger partial charge in [0.2, 0.25) is 0 Å². The van der Waals surface area contributed by atoms with Crippen LogP contribution in [0.2, 0.25) is 0 Å². The first-order valence-corrected chi connectivity index (χ1v) is 10.3. The van der Waals surface area contributed by atoms with E-state index >= 15 is 0 Å². The smallest absolute Gasteiger partial charge is 0.136 e. The molecule has 0 aliphatic rings. The maximum Gasteiger partial charge on any atom is 0.136 e. The summed E-state index contributed by atoms with van der Waals surface area (Å²) in [7, 11) is 0. The van der Waals surface area contributed by atoms with Crippen LogP contribution < -0.4 is 5.32 Å². The molecule has 0 saturated carbocycles. The van der Waals surface area contributed by atoms with Gasteiger partial charge >= 0.3 is 0 Å². The first-order valence-electron chi connectivity index (χ1n) is 8.59. The molecule has 0 aliphatic carbocycles. The Balaban J connectivity index is 1.65. The fourth-order valence-corrected chi connectivity index (χ4v) is 4.02. The van der Waals surface area contributed by atoms with Crippen molar-refractivity contribution < 1.29 is 0 Å². The minimum atomic E-state index is 0.482. The van der Waals surface area contributed by atoms with Crippen molar-refractivity contribution in [2.75, 3.05) is 5.32 Å². The summed E-state index contributed by atoms with van der Waals surface area (Å²) >= 11 is 4.93. The summed E-state index contributed by atoms with van der Waals surface area (Å²) in [5, 5.41) is 16.5. The van der Waals surface area contributed by atoms with Gasteiger partial charge in [-0.25, -0.2) is 4.98 Å². The Morgan fingerprint density at radius 2 is 2.00 bits per heavy atom. The zero-order valence-corrected chi connectivity index (χ0v) is 17.4. The molecule has 0 fully saturated rings. The van der Waals surface area contributed by atoms with Gasteiger partial charge in [0, 0.05) is 32.7 Å². The molecule has 0 unspecified atom stereocenters. The number of hydrogen-bond acceptors (Lipinski definition) is 5. The number of hydrogen-bond donors (Lipinski definition) is 1. The number of nitriles is 1. The molecule has 4 aromatic rings. The summed E-state index contributed by atoms with van der Waals surface area (Å²) in [4.78, 5) is 9.24. The second-order valence-electron chi connectivity index (χ2n) is 6.19. The maximum atomic E-state index is 9.62. The molecule has 1 N–H and O–H groups in total. The number of pyridine rings is 1. The number of aromatic nitrogens is 2. The van der Waals surface area contributed by atoms with Crippen LogP contribution in [0.4, 0.5) is 5.69 Å². The molecule has 4 rings (SSSR count). The van der Waals surface area contributed by atoms with Crippen LogP contribution >= 0.6 is 27.3 Å².